The van der Waals surface area contributed by atoms with E-state index in [0.29, 0.717) is 5.92 Å². The highest BCUT2D eigenvalue weighted by molar-refractivity contribution is 4.91. The standard InChI is InChI=1S/C40H79O2/c1-5-9-11-13-15-17-19-21-23-25-27-29-31-33-35-39(40(42-37-8-4)38-41-36-7-3)34-32-30-28-26-24-22-20-18-16-14-12-10-6-2/h39H,5-37H2,1-4H3. The van der Waals surface area contributed by atoms with Gasteiger partial charge in [0, 0.05) is 5.92 Å². The topological polar surface area (TPSA) is 18.5 Å². The van der Waals surface area contributed by atoms with Gasteiger partial charge in [-0.2, -0.15) is 0 Å². The number of unbranched alkanes of at least 4 members (excludes halogenated alkanes) is 25. The SMILES string of the molecule is CCCCCCCCCCCCCCCCC(CCCCCCCCCCCCCCC)/C(=[C]\OCCC)OCCC. The fraction of sp³-hybridized carbons (Fsp3) is 0.950. The van der Waals surface area contributed by atoms with Crippen molar-refractivity contribution in [1.29, 1.82) is 0 Å². The molecule has 0 spiro atoms. The summed E-state index contributed by atoms with van der Waals surface area (Å²) >= 11 is 0. The van der Waals surface area contributed by atoms with E-state index in [1.54, 1.807) is 0 Å². The number of ether oxygens (including phenoxy) is 2. The molecule has 0 aliphatic heterocycles. The Hall–Kier alpha value is -0.660. The van der Waals surface area contributed by atoms with E-state index >= 15 is 0 Å². The van der Waals surface area contributed by atoms with E-state index < -0.39 is 0 Å². The van der Waals surface area contributed by atoms with Crippen LogP contribution in [0, 0.1) is 12.2 Å². The van der Waals surface area contributed by atoms with E-state index in [2.05, 4.69) is 34.0 Å². The Labute approximate surface area is 267 Å². The van der Waals surface area contributed by atoms with Gasteiger partial charge < -0.3 is 9.47 Å². The summed E-state index contributed by atoms with van der Waals surface area (Å²) in [7, 11) is 0. The third kappa shape index (κ3) is 30.8. The average Bonchev–Trinajstić information content (AvgIpc) is 3.00. The van der Waals surface area contributed by atoms with Gasteiger partial charge in [-0.1, -0.05) is 201 Å². The van der Waals surface area contributed by atoms with Gasteiger partial charge in [-0.25, -0.2) is 0 Å². The van der Waals surface area contributed by atoms with E-state index in [9.17, 15) is 0 Å². The molecule has 251 valence electrons. The molecule has 0 aliphatic rings. The minimum atomic E-state index is 0.485. The van der Waals surface area contributed by atoms with E-state index in [-0.39, 0.29) is 0 Å². The molecule has 0 bridgehead atoms. The van der Waals surface area contributed by atoms with Crippen LogP contribution in [0.1, 0.15) is 227 Å². The third-order valence-corrected chi connectivity index (χ3v) is 8.87. The highest BCUT2D eigenvalue weighted by Crippen LogP contribution is 2.27. The van der Waals surface area contributed by atoms with Crippen LogP contribution in [0.3, 0.4) is 0 Å². The predicted molar refractivity (Wildman–Crippen MR) is 188 cm³/mol. The molecule has 1 unspecified atom stereocenters. The summed E-state index contributed by atoms with van der Waals surface area (Å²) in [5, 5.41) is 0. The fourth-order valence-corrected chi connectivity index (χ4v) is 6.07. The van der Waals surface area contributed by atoms with E-state index in [1.807, 2.05) is 0 Å². The van der Waals surface area contributed by atoms with Gasteiger partial charge in [0.05, 0.1) is 13.2 Å². The number of rotatable bonds is 36. The Morgan fingerprint density at radius 2 is 0.690 bits per heavy atom. The number of allylic oxidation sites excluding steroid dienone is 1. The van der Waals surface area contributed by atoms with Gasteiger partial charge in [-0.05, 0) is 25.7 Å². The van der Waals surface area contributed by atoms with Crippen LogP contribution in [0.25, 0.3) is 0 Å². The van der Waals surface area contributed by atoms with E-state index in [1.165, 1.54) is 186 Å². The molecule has 0 aliphatic carbocycles. The van der Waals surface area contributed by atoms with Crippen molar-refractivity contribution in [2.24, 2.45) is 5.92 Å². The van der Waals surface area contributed by atoms with Gasteiger partial charge in [0.2, 0.25) is 6.26 Å². The molecule has 1 radical (unpaired) electrons. The Morgan fingerprint density at radius 1 is 0.381 bits per heavy atom. The summed E-state index contributed by atoms with van der Waals surface area (Å²) < 4.78 is 12.0. The Balaban J connectivity index is 4.16. The molecule has 42 heavy (non-hydrogen) atoms. The van der Waals surface area contributed by atoms with Crippen molar-refractivity contribution < 1.29 is 9.47 Å². The first-order valence-electron chi connectivity index (χ1n) is 19.7. The lowest BCUT2D eigenvalue weighted by Crippen LogP contribution is -2.10. The largest absolute Gasteiger partial charge is 0.494 e. The maximum absolute atomic E-state index is 6.21. The highest BCUT2D eigenvalue weighted by Gasteiger charge is 2.17. The summed E-state index contributed by atoms with van der Waals surface area (Å²) in [4.78, 5) is 0. The van der Waals surface area contributed by atoms with Crippen molar-refractivity contribution in [2.45, 2.75) is 227 Å². The van der Waals surface area contributed by atoms with Gasteiger partial charge >= 0.3 is 0 Å². The molecule has 0 aromatic rings. The van der Waals surface area contributed by atoms with Crippen molar-refractivity contribution in [3.05, 3.63) is 12.0 Å². The van der Waals surface area contributed by atoms with Crippen LogP contribution in [-0.2, 0) is 9.47 Å². The second-order valence-corrected chi connectivity index (χ2v) is 13.3. The minimum Gasteiger partial charge on any atom is -0.494 e. The van der Waals surface area contributed by atoms with Gasteiger partial charge in [-0.3, -0.25) is 0 Å². The van der Waals surface area contributed by atoms with Gasteiger partial charge in [0.1, 0.15) is 5.76 Å². The molecular weight excluding hydrogens is 512 g/mol. The molecule has 0 rings (SSSR count). The van der Waals surface area contributed by atoms with Gasteiger partial charge in [0.15, 0.2) is 0 Å². The molecule has 0 N–H and O–H groups in total. The molecular formula is C40H79O2. The summed E-state index contributed by atoms with van der Waals surface area (Å²) in [5.41, 5.74) is 0. The van der Waals surface area contributed by atoms with Gasteiger partial charge in [-0.15, -0.1) is 0 Å². The molecule has 0 saturated heterocycles. The van der Waals surface area contributed by atoms with Crippen LogP contribution in [0.5, 0.6) is 0 Å². The highest BCUT2D eigenvalue weighted by atomic mass is 16.5. The first-order chi connectivity index (χ1) is 20.8. The van der Waals surface area contributed by atoms with Crippen LogP contribution in [-0.4, -0.2) is 13.2 Å². The zero-order chi connectivity index (χ0) is 30.6. The third-order valence-electron chi connectivity index (χ3n) is 8.87. The number of hydrogen-bond acceptors (Lipinski definition) is 2. The van der Waals surface area contributed by atoms with Crippen molar-refractivity contribution in [2.75, 3.05) is 13.2 Å². The zero-order valence-electron chi connectivity index (χ0n) is 29.7. The lowest BCUT2D eigenvalue weighted by atomic mass is 9.92. The second kappa shape index (κ2) is 36.5. The maximum Gasteiger partial charge on any atom is 0.203 e. The molecule has 0 heterocycles. The summed E-state index contributed by atoms with van der Waals surface area (Å²) in [5.74, 6) is 1.50. The van der Waals surface area contributed by atoms with Crippen molar-refractivity contribution in [1.82, 2.24) is 0 Å². The maximum atomic E-state index is 6.21. The van der Waals surface area contributed by atoms with E-state index in [4.69, 9.17) is 9.47 Å². The smallest absolute Gasteiger partial charge is 0.203 e. The van der Waals surface area contributed by atoms with Gasteiger partial charge in [0.25, 0.3) is 0 Å². The van der Waals surface area contributed by atoms with Crippen LogP contribution in [0.15, 0.2) is 5.76 Å². The minimum absolute atomic E-state index is 0.485. The molecule has 0 amide bonds. The van der Waals surface area contributed by atoms with Crippen molar-refractivity contribution in [3.63, 3.8) is 0 Å². The normalized spacial score (nSPS) is 12.6. The molecule has 2 heteroatoms. The zero-order valence-corrected chi connectivity index (χ0v) is 29.7. The average molecular weight is 592 g/mol. The van der Waals surface area contributed by atoms with Crippen LogP contribution < -0.4 is 0 Å². The summed E-state index contributed by atoms with van der Waals surface area (Å²) in [6, 6.07) is 0. The first kappa shape index (κ1) is 41.3. The van der Waals surface area contributed by atoms with Crippen molar-refractivity contribution in [3.8, 4) is 0 Å². The quantitative estimate of drug-likeness (QED) is 0.0533. The molecule has 0 fully saturated rings. The second-order valence-electron chi connectivity index (χ2n) is 13.3. The Morgan fingerprint density at radius 3 is 1.00 bits per heavy atom. The lowest BCUT2D eigenvalue weighted by molar-refractivity contribution is 0.130. The Kier molecular flexibility index (Phi) is 36.0. The predicted octanol–water partition coefficient (Wildman–Crippen LogP) is 14.5. The number of hydrogen-bond donors (Lipinski definition) is 0. The fourth-order valence-electron chi connectivity index (χ4n) is 6.07. The summed E-state index contributed by atoms with van der Waals surface area (Å²) in [6.45, 7) is 10.5. The first-order valence-corrected chi connectivity index (χ1v) is 19.7. The molecule has 1 atom stereocenters. The lowest BCUT2D eigenvalue weighted by Gasteiger charge is -2.20. The van der Waals surface area contributed by atoms with Crippen LogP contribution in [0.4, 0.5) is 0 Å². The molecule has 0 aromatic carbocycles. The van der Waals surface area contributed by atoms with Crippen LogP contribution in [0.2, 0.25) is 0 Å². The molecule has 0 aromatic heterocycles. The van der Waals surface area contributed by atoms with E-state index in [0.717, 1.165) is 31.8 Å². The monoisotopic (exact) mass is 592 g/mol. The van der Waals surface area contributed by atoms with Crippen LogP contribution >= 0.6 is 0 Å². The Bertz CT molecular complexity index is 514. The van der Waals surface area contributed by atoms with Crippen molar-refractivity contribution >= 4 is 0 Å². The molecule has 2 nitrogen and oxygen atoms in total. The summed E-state index contributed by atoms with van der Waals surface area (Å²) in [6.07, 6.45) is 46.1. The molecule has 0 saturated carbocycles.